The number of ketones is 2. The van der Waals surface area contributed by atoms with E-state index in [4.69, 9.17) is 0 Å². The summed E-state index contributed by atoms with van der Waals surface area (Å²) in [6.07, 6.45) is 10.6. The Kier molecular flexibility index (Phi) is 7.40. The number of fused-ring (bicyclic) bond motifs is 2. The first kappa shape index (κ1) is 21.5. The predicted octanol–water partition coefficient (Wildman–Crippen LogP) is 5.41. The number of imidazole rings is 1. The van der Waals surface area contributed by atoms with Crippen LogP contribution in [0.25, 0.3) is 0 Å². The Hall–Kier alpha value is -2.23. The highest BCUT2D eigenvalue weighted by Crippen LogP contribution is 2.27. The average Bonchev–Trinajstić information content (AvgIpc) is 3.01. The molecule has 2 aromatic rings. The summed E-state index contributed by atoms with van der Waals surface area (Å²) in [5.41, 5.74) is 2.31. The van der Waals surface area contributed by atoms with E-state index in [0.717, 1.165) is 44.6 Å². The Balaban J connectivity index is 1.92. The summed E-state index contributed by atoms with van der Waals surface area (Å²) in [7, 11) is 0. The lowest BCUT2D eigenvalue weighted by Crippen LogP contribution is -2.43. The van der Waals surface area contributed by atoms with Gasteiger partial charge in [-0.25, -0.2) is 9.13 Å². The number of rotatable bonds is 11. The molecular formula is C25H35N2O2+. The second-order valence-corrected chi connectivity index (χ2v) is 8.23. The quantitative estimate of drug-likeness (QED) is 0.322. The first-order valence-electron chi connectivity index (χ1n) is 11.4. The Morgan fingerprint density at radius 1 is 0.793 bits per heavy atom. The molecule has 1 heterocycles. The van der Waals surface area contributed by atoms with Crippen LogP contribution < -0.4 is 4.57 Å². The highest BCUT2D eigenvalue weighted by molar-refractivity contribution is 6.26. The maximum atomic E-state index is 13.4. The maximum Gasteiger partial charge on any atom is 0.254 e. The van der Waals surface area contributed by atoms with Crippen molar-refractivity contribution in [1.29, 1.82) is 0 Å². The van der Waals surface area contributed by atoms with Crippen LogP contribution >= 0.6 is 0 Å². The maximum absolute atomic E-state index is 13.4. The van der Waals surface area contributed by atoms with E-state index in [1.807, 2.05) is 12.1 Å². The molecule has 0 aliphatic heterocycles. The first-order chi connectivity index (χ1) is 14.1. The van der Waals surface area contributed by atoms with Crippen molar-refractivity contribution in [2.45, 2.75) is 91.6 Å². The van der Waals surface area contributed by atoms with E-state index < -0.39 is 0 Å². The molecule has 1 aliphatic rings. The number of hydrogen-bond donors (Lipinski definition) is 0. The van der Waals surface area contributed by atoms with Crippen molar-refractivity contribution in [1.82, 2.24) is 4.57 Å². The average molecular weight is 396 g/mol. The van der Waals surface area contributed by atoms with Gasteiger partial charge in [-0.3, -0.25) is 9.59 Å². The number of carbonyl (C=O) groups excluding carboxylic acids is 2. The molecule has 0 atom stereocenters. The highest BCUT2D eigenvalue weighted by Gasteiger charge is 2.42. The largest absolute Gasteiger partial charge is 0.284 e. The van der Waals surface area contributed by atoms with E-state index >= 15 is 0 Å². The summed E-state index contributed by atoms with van der Waals surface area (Å²) < 4.78 is 4.23. The fourth-order valence-electron chi connectivity index (χ4n) is 4.44. The van der Waals surface area contributed by atoms with E-state index in [2.05, 4.69) is 29.9 Å². The molecule has 0 saturated heterocycles. The van der Waals surface area contributed by atoms with Gasteiger partial charge in [0.15, 0.2) is 0 Å². The number of unbranched alkanes of at least 4 members (excludes halogenated alkanes) is 7. The van der Waals surface area contributed by atoms with Crippen LogP contribution in [0.3, 0.4) is 0 Å². The fourth-order valence-corrected chi connectivity index (χ4v) is 4.44. The SMILES string of the molecule is CCCCCCCCn1c2c([n+](CCCCC)c1C)C(=O)c1ccccc1C2=O. The predicted molar refractivity (Wildman–Crippen MR) is 116 cm³/mol. The molecule has 0 bridgehead atoms. The molecule has 0 amide bonds. The third kappa shape index (κ3) is 4.36. The van der Waals surface area contributed by atoms with Crippen molar-refractivity contribution in [2.24, 2.45) is 0 Å². The molecule has 156 valence electrons. The summed E-state index contributed by atoms with van der Waals surface area (Å²) in [4.78, 5) is 26.7. The van der Waals surface area contributed by atoms with Gasteiger partial charge in [0.05, 0.1) is 13.1 Å². The van der Waals surface area contributed by atoms with Crippen molar-refractivity contribution in [3.05, 3.63) is 52.6 Å². The van der Waals surface area contributed by atoms with Crippen molar-refractivity contribution in [3.8, 4) is 0 Å². The molecule has 0 N–H and O–H groups in total. The zero-order valence-corrected chi connectivity index (χ0v) is 18.3. The van der Waals surface area contributed by atoms with Gasteiger partial charge in [-0.1, -0.05) is 70.2 Å². The van der Waals surface area contributed by atoms with Crippen LogP contribution in [0.5, 0.6) is 0 Å². The standard InChI is InChI=1S/C25H35N2O2/c1-4-6-8-9-10-14-18-27-19(3)26(17-13-7-5-2)22-23(27)25(29)21-16-12-11-15-20(21)24(22)28/h11-12,15-16H,4-10,13-14,17-18H2,1-3H3/q+1. The van der Waals surface area contributed by atoms with E-state index in [1.54, 1.807) is 12.1 Å². The lowest BCUT2D eigenvalue weighted by molar-refractivity contribution is -0.704. The van der Waals surface area contributed by atoms with Gasteiger partial charge in [0, 0.05) is 18.1 Å². The van der Waals surface area contributed by atoms with Crippen molar-refractivity contribution < 1.29 is 14.2 Å². The smallest absolute Gasteiger partial charge is 0.254 e. The molecule has 4 nitrogen and oxygen atoms in total. The molecule has 0 radical (unpaired) electrons. The number of hydrogen-bond acceptors (Lipinski definition) is 2. The van der Waals surface area contributed by atoms with Gasteiger partial charge < -0.3 is 0 Å². The minimum Gasteiger partial charge on any atom is -0.284 e. The van der Waals surface area contributed by atoms with Crippen molar-refractivity contribution in [3.63, 3.8) is 0 Å². The second kappa shape index (κ2) is 10.00. The molecule has 1 aliphatic carbocycles. The van der Waals surface area contributed by atoms with Crippen LogP contribution in [-0.4, -0.2) is 16.1 Å². The normalized spacial score (nSPS) is 12.9. The van der Waals surface area contributed by atoms with Crippen LogP contribution in [0.2, 0.25) is 0 Å². The molecule has 29 heavy (non-hydrogen) atoms. The minimum atomic E-state index is -0.00325. The third-order valence-electron chi connectivity index (χ3n) is 6.11. The van der Waals surface area contributed by atoms with Gasteiger partial charge in [0.2, 0.25) is 23.0 Å². The zero-order chi connectivity index (χ0) is 20.8. The molecule has 3 rings (SSSR count). The van der Waals surface area contributed by atoms with Gasteiger partial charge >= 0.3 is 0 Å². The van der Waals surface area contributed by atoms with Crippen LogP contribution in [0.1, 0.15) is 110 Å². The van der Waals surface area contributed by atoms with Crippen LogP contribution in [0, 0.1) is 6.92 Å². The summed E-state index contributed by atoms with van der Waals surface area (Å²) in [5.74, 6) is 1.03. The minimum absolute atomic E-state index is 0.00137. The second-order valence-electron chi connectivity index (χ2n) is 8.23. The number of benzene rings is 1. The topological polar surface area (TPSA) is 43.0 Å². The molecule has 1 aromatic heterocycles. The van der Waals surface area contributed by atoms with Gasteiger partial charge in [-0.15, -0.1) is 0 Å². The molecule has 1 aromatic carbocycles. The summed E-state index contributed by atoms with van der Waals surface area (Å²) in [6, 6.07) is 7.27. The molecular weight excluding hydrogens is 360 g/mol. The summed E-state index contributed by atoms with van der Waals surface area (Å²) in [6.45, 7) is 8.08. The lowest BCUT2D eigenvalue weighted by Gasteiger charge is -2.13. The van der Waals surface area contributed by atoms with Gasteiger partial charge in [0.25, 0.3) is 5.82 Å². The molecule has 0 saturated carbocycles. The van der Waals surface area contributed by atoms with Crippen LogP contribution in [-0.2, 0) is 13.1 Å². The molecule has 4 heteroatoms. The van der Waals surface area contributed by atoms with Crippen LogP contribution in [0.15, 0.2) is 24.3 Å². The van der Waals surface area contributed by atoms with E-state index in [9.17, 15) is 9.59 Å². The van der Waals surface area contributed by atoms with E-state index in [-0.39, 0.29) is 11.6 Å². The summed E-state index contributed by atoms with van der Waals surface area (Å²) in [5, 5.41) is 0. The lowest BCUT2D eigenvalue weighted by atomic mass is 9.90. The van der Waals surface area contributed by atoms with Gasteiger partial charge in [-0.2, -0.15) is 0 Å². The van der Waals surface area contributed by atoms with Crippen molar-refractivity contribution >= 4 is 11.6 Å². The Morgan fingerprint density at radius 2 is 1.38 bits per heavy atom. The monoisotopic (exact) mass is 395 g/mol. The number of nitrogens with zero attached hydrogens (tertiary/aromatic N) is 2. The highest BCUT2D eigenvalue weighted by atomic mass is 16.1. The fraction of sp³-hybridized carbons (Fsp3) is 0.560. The number of aromatic nitrogens is 2. The van der Waals surface area contributed by atoms with Crippen LogP contribution in [0.4, 0.5) is 0 Å². The molecule has 0 spiro atoms. The van der Waals surface area contributed by atoms with Crippen molar-refractivity contribution in [2.75, 3.05) is 0 Å². The number of carbonyl (C=O) groups is 2. The molecule has 0 unspecified atom stereocenters. The Labute approximate surface area is 174 Å². The first-order valence-corrected chi connectivity index (χ1v) is 11.4. The van der Waals surface area contributed by atoms with E-state index in [1.165, 1.54) is 32.1 Å². The molecule has 0 fully saturated rings. The van der Waals surface area contributed by atoms with Gasteiger partial charge in [0.1, 0.15) is 0 Å². The van der Waals surface area contributed by atoms with E-state index in [0.29, 0.717) is 22.5 Å². The third-order valence-corrected chi connectivity index (χ3v) is 6.11. The Bertz CT molecular complexity index is 879. The van der Waals surface area contributed by atoms with Gasteiger partial charge in [-0.05, 0) is 25.7 Å². The summed E-state index contributed by atoms with van der Waals surface area (Å²) >= 11 is 0. The zero-order valence-electron chi connectivity index (χ0n) is 18.3. The Morgan fingerprint density at radius 3 is 2.07 bits per heavy atom.